The van der Waals surface area contributed by atoms with Gasteiger partial charge in [0.05, 0.1) is 0 Å². The smallest absolute Gasteiger partial charge is 0.307 e. The average Bonchev–Trinajstić information content (AvgIpc) is 3.19. The maximum absolute atomic E-state index is 13.0. The lowest BCUT2D eigenvalue weighted by atomic mass is 9.95. The number of hydrogen-bond acceptors (Lipinski definition) is 19. The highest BCUT2D eigenvalue weighted by atomic mass is 16.8. The van der Waals surface area contributed by atoms with Crippen molar-refractivity contribution in [1.29, 1.82) is 0 Å². The van der Waals surface area contributed by atoms with Crippen LogP contribution in [-0.2, 0) is 90.5 Å². The molecule has 0 saturated carbocycles. The second kappa shape index (κ2) is 23.5. The molecule has 0 bridgehead atoms. The summed E-state index contributed by atoms with van der Waals surface area (Å²) in [5, 5.41) is 0. The number of carbonyl (C=O) groups is 8. The summed E-state index contributed by atoms with van der Waals surface area (Å²) < 4.78 is 63.4. The minimum atomic E-state index is -1.83. The van der Waals surface area contributed by atoms with Crippen LogP contribution in [0.15, 0.2) is 0 Å². The van der Waals surface area contributed by atoms with Crippen LogP contribution >= 0.6 is 0 Å². The summed E-state index contributed by atoms with van der Waals surface area (Å²) >= 11 is 0. The monoisotopic (exact) mass is 790 g/mol. The molecule has 2 aliphatic heterocycles. The van der Waals surface area contributed by atoms with Crippen LogP contribution in [0, 0.1) is 0 Å². The minimum absolute atomic E-state index is 0.0409. The molecule has 0 aromatic heterocycles. The van der Waals surface area contributed by atoms with Crippen LogP contribution in [-0.4, -0.2) is 122 Å². The summed E-state index contributed by atoms with van der Waals surface area (Å²) in [7, 11) is 0. The maximum Gasteiger partial charge on any atom is 0.307 e. The van der Waals surface area contributed by atoms with Crippen LogP contribution < -0.4 is 0 Å². The molecule has 55 heavy (non-hydrogen) atoms. The molecule has 0 amide bonds. The Bertz CT molecular complexity index is 1330. The number of carbonyl (C=O) groups excluding carboxylic acids is 8. The van der Waals surface area contributed by atoms with Crippen LogP contribution in [0.5, 0.6) is 0 Å². The fraction of sp³-hybridized carbons (Fsp3) is 0.778. The third-order valence-corrected chi connectivity index (χ3v) is 8.19. The van der Waals surface area contributed by atoms with E-state index in [-0.39, 0.29) is 51.4 Å². The van der Waals surface area contributed by atoms with E-state index in [2.05, 4.69) is 0 Å². The van der Waals surface area contributed by atoms with Gasteiger partial charge in [0.2, 0.25) is 12.4 Å². The molecule has 312 valence electrons. The lowest BCUT2D eigenvalue weighted by Crippen LogP contribution is -2.67. The van der Waals surface area contributed by atoms with Crippen molar-refractivity contribution in [3.8, 4) is 0 Å². The Balaban J connectivity index is 2.87. The SMILES string of the molecule is CCC(=O)OCC1OC(OC(=O)CC)C(OC(=O)CC)[C@@H](OC(=O)CC)[C@@H]1O[C@H]1OC(COC(=O)CC)[C@@H](OC(=O)CC)[C@H](OC(=O)CC)C1OC(=O)CC. The lowest BCUT2D eigenvalue weighted by molar-refractivity contribution is -0.358. The van der Waals surface area contributed by atoms with Gasteiger partial charge in [0.15, 0.2) is 30.7 Å². The van der Waals surface area contributed by atoms with Crippen molar-refractivity contribution in [2.45, 2.75) is 168 Å². The molecule has 5 unspecified atom stereocenters. The largest absolute Gasteiger partial charge is 0.463 e. The molecular weight excluding hydrogens is 736 g/mol. The van der Waals surface area contributed by atoms with E-state index in [1.807, 2.05) is 0 Å². The zero-order valence-corrected chi connectivity index (χ0v) is 32.6. The maximum atomic E-state index is 13.0. The quantitative estimate of drug-likeness (QED) is 0.127. The van der Waals surface area contributed by atoms with E-state index < -0.39 is 122 Å². The third kappa shape index (κ3) is 14.0. The first-order valence-electron chi connectivity index (χ1n) is 18.6. The Morgan fingerprint density at radius 3 is 1.04 bits per heavy atom. The zero-order chi connectivity index (χ0) is 41.2. The fourth-order valence-electron chi connectivity index (χ4n) is 5.15. The van der Waals surface area contributed by atoms with Crippen LogP contribution in [0.4, 0.5) is 0 Å². The van der Waals surface area contributed by atoms with Gasteiger partial charge < -0.3 is 52.1 Å². The molecule has 0 spiro atoms. The van der Waals surface area contributed by atoms with Gasteiger partial charge in [-0.25, -0.2) is 0 Å². The topological polar surface area (TPSA) is 238 Å². The van der Waals surface area contributed by atoms with Gasteiger partial charge in [0, 0.05) is 51.4 Å². The molecule has 0 aromatic carbocycles. The molecule has 0 aromatic rings. The zero-order valence-electron chi connectivity index (χ0n) is 32.6. The van der Waals surface area contributed by atoms with Crippen molar-refractivity contribution < 1.29 is 90.5 Å². The van der Waals surface area contributed by atoms with Crippen molar-refractivity contribution >= 4 is 47.8 Å². The predicted molar refractivity (Wildman–Crippen MR) is 182 cm³/mol. The molecule has 2 aliphatic rings. The number of ether oxygens (including phenoxy) is 11. The van der Waals surface area contributed by atoms with Gasteiger partial charge in [0.1, 0.15) is 31.5 Å². The first-order chi connectivity index (χ1) is 26.2. The second-order valence-electron chi connectivity index (χ2n) is 12.1. The van der Waals surface area contributed by atoms with Gasteiger partial charge in [0.25, 0.3) is 0 Å². The van der Waals surface area contributed by atoms with Gasteiger partial charge >= 0.3 is 47.8 Å². The van der Waals surface area contributed by atoms with E-state index in [0.717, 1.165) is 0 Å². The Morgan fingerprint density at radius 1 is 0.345 bits per heavy atom. The van der Waals surface area contributed by atoms with Gasteiger partial charge in [-0.2, -0.15) is 0 Å². The molecule has 0 aliphatic carbocycles. The van der Waals surface area contributed by atoms with Gasteiger partial charge in [-0.15, -0.1) is 0 Å². The Hall–Kier alpha value is -4.36. The summed E-state index contributed by atoms with van der Waals surface area (Å²) in [6, 6.07) is 0. The first-order valence-corrected chi connectivity index (χ1v) is 18.6. The van der Waals surface area contributed by atoms with Gasteiger partial charge in [-0.1, -0.05) is 55.4 Å². The Labute approximate surface area is 319 Å². The molecular formula is C36H54O19. The summed E-state index contributed by atoms with van der Waals surface area (Å²) in [6.07, 6.45) is -17.3. The van der Waals surface area contributed by atoms with Gasteiger partial charge in [-0.05, 0) is 0 Å². The van der Waals surface area contributed by atoms with Crippen LogP contribution in [0.2, 0.25) is 0 Å². The molecule has 2 fully saturated rings. The highest BCUT2D eigenvalue weighted by Crippen LogP contribution is 2.36. The molecule has 0 N–H and O–H groups in total. The number of rotatable bonds is 20. The molecule has 2 rings (SSSR count). The van der Waals surface area contributed by atoms with Crippen LogP contribution in [0.3, 0.4) is 0 Å². The van der Waals surface area contributed by atoms with E-state index in [9.17, 15) is 38.4 Å². The Kier molecular flexibility index (Phi) is 20.0. The highest BCUT2D eigenvalue weighted by Gasteiger charge is 2.58. The van der Waals surface area contributed by atoms with Crippen LogP contribution in [0.25, 0.3) is 0 Å². The summed E-state index contributed by atoms with van der Waals surface area (Å²) in [4.78, 5) is 101. The molecule has 2 heterocycles. The molecule has 19 heteroatoms. The van der Waals surface area contributed by atoms with Gasteiger partial charge in [-0.3, -0.25) is 38.4 Å². The fourth-order valence-corrected chi connectivity index (χ4v) is 5.15. The minimum Gasteiger partial charge on any atom is -0.463 e. The Morgan fingerprint density at radius 2 is 0.636 bits per heavy atom. The van der Waals surface area contributed by atoms with E-state index in [1.165, 1.54) is 55.4 Å². The number of hydrogen-bond donors (Lipinski definition) is 0. The van der Waals surface area contributed by atoms with E-state index >= 15 is 0 Å². The number of esters is 8. The molecule has 0 radical (unpaired) electrons. The lowest BCUT2D eigenvalue weighted by Gasteiger charge is -2.48. The highest BCUT2D eigenvalue weighted by molar-refractivity contribution is 5.73. The normalized spacial score (nSPS) is 27.4. The second-order valence-corrected chi connectivity index (χ2v) is 12.1. The standard InChI is InChI=1S/C36H54O19/c1-9-21(37)45-17-19-29(49-23(39)11-3)31(50-24(40)12-4)34(53-27(43)15-7)36(48-19)55-30-20(18-46-22(38)10-2)47-35(54-28(44)16-8)33(52-26(42)14-6)32(30)51-25(41)13-5/h19-20,29-36H,9-18H2,1-8H3/t19?,20?,29-,30-,31+,32+,33?,34?,35?,36-/m1/s1. The molecule has 19 nitrogen and oxygen atoms in total. The summed E-state index contributed by atoms with van der Waals surface area (Å²) in [5.41, 5.74) is 0. The molecule has 2 saturated heterocycles. The molecule has 10 atom stereocenters. The van der Waals surface area contributed by atoms with E-state index in [1.54, 1.807) is 0 Å². The van der Waals surface area contributed by atoms with Crippen molar-refractivity contribution in [2.24, 2.45) is 0 Å². The van der Waals surface area contributed by atoms with Crippen LogP contribution in [0.1, 0.15) is 107 Å². The summed E-state index contributed by atoms with van der Waals surface area (Å²) in [6.45, 7) is 10.8. The first kappa shape index (κ1) is 46.8. The van der Waals surface area contributed by atoms with E-state index in [4.69, 9.17) is 52.1 Å². The van der Waals surface area contributed by atoms with E-state index in [0.29, 0.717) is 0 Å². The predicted octanol–water partition coefficient (Wildman–Crippen LogP) is 2.29. The third-order valence-electron chi connectivity index (χ3n) is 8.19. The van der Waals surface area contributed by atoms with Crippen molar-refractivity contribution in [3.63, 3.8) is 0 Å². The van der Waals surface area contributed by atoms with Crippen molar-refractivity contribution in [1.82, 2.24) is 0 Å². The van der Waals surface area contributed by atoms with Crippen molar-refractivity contribution in [3.05, 3.63) is 0 Å². The average molecular weight is 791 g/mol. The van der Waals surface area contributed by atoms with Crippen molar-refractivity contribution in [2.75, 3.05) is 13.2 Å². The summed E-state index contributed by atoms with van der Waals surface area (Å²) in [5.74, 6) is -6.18.